The average molecular weight is 369 g/mol. The van der Waals surface area contributed by atoms with Gasteiger partial charge in [-0.2, -0.15) is 13.2 Å². The van der Waals surface area contributed by atoms with Gasteiger partial charge in [-0.15, -0.1) is 0 Å². The third-order valence-corrected chi connectivity index (χ3v) is 4.98. The maximum atomic E-state index is 13.2. The molecule has 0 unspecified atom stereocenters. The molecule has 1 amide bonds. The van der Waals surface area contributed by atoms with E-state index in [1.807, 2.05) is 19.9 Å². The van der Waals surface area contributed by atoms with Crippen LogP contribution in [0.15, 0.2) is 36.4 Å². The van der Waals surface area contributed by atoms with Gasteiger partial charge in [0.05, 0.1) is 5.56 Å². The zero-order chi connectivity index (χ0) is 19.4. The number of allylic oxidation sites excluding steroid dienone is 1. The lowest BCUT2D eigenvalue weighted by molar-refractivity contribution is -0.138. The van der Waals surface area contributed by atoms with Crippen molar-refractivity contribution in [2.75, 3.05) is 19.7 Å². The van der Waals surface area contributed by atoms with E-state index in [1.165, 1.54) is 12.1 Å². The van der Waals surface area contributed by atoms with Gasteiger partial charge in [0.15, 0.2) is 0 Å². The summed E-state index contributed by atoms with van der Waals surface area (Å²) in [6, 6.07) is 5.52. The van der Waals surface area contributed by atoms with Crippen LogP contribution in [0.25, 0.3) is 0 Å². The van der Waals surface area contributed by atoms with Gasteiger partial charge < -0.3 is 10.0 Å². The van der Waals surface area contributed by atoms with E-state index in [2.05, 4.69) is 0 Å². The SMILES string of the molecule is CC(C)C=CC(=O)N1CCC(CO)(Cc2ccccc2C(F)(F)F)CC1. The predicted octanol–water partition coefficient (Wildman–Crippen LogP) is 4.06. The molecule has 1 aromatic rings. The first-order valence-corrected chi connectivity index (χ1v) is 8.90. The largest absolute Gasteiger partial charge is 0.416 e. The standard InChI is InChI=1S/C20H26F3NO2/c1-15(2)7-8-18(26)24-11-9-19(14-25,10-12-24)13-16-5-3-4-6-17(16)20(21,22)23/h3-8,15,25H,9-14H2,1-2H3. The molecule has 0 radical (unpaired) electrons. The van der Waals surface area contributed by atoms with E-state index in [0.29, 0.717) is 25.9 Å². The number of benzene rings is 1. The van der Waals surface area contributed by atoms with E-state index in [1.54, 1.807) is 17.0 Å². The van der Waals surface area contributed by atoms with Crippen molar-refractivity contribution in [2.24, 2.45) is 11.3 Å². The molecular weight excluding hydrogens is 343 g/mol. The summed E-state index contributed by atoms with van der Waals surface area (Å²) < 4.78 is 39.7. The Bertz CT molecular complexity index is 645. The molecule has 1 N–H and O–H groups in total. The van der Waals surface area contributed by atoms with Crippen molar-refractivity contribution in [3.8, 4) is 0 Å². The van der Waals surface area contributed by atoms with Crippen LogP contribution in [0.5, 0.6) is 0 Å². The number of piperidine rings is 1. The van der Waals surface area contributed by atoms with Gasteiger partial charge in [0.25, 0.3) is 0 Å². The fourth-order valence-corrected chi connectivity index (χ4v) is 3.33. The number of halogens is 3. The normalized spacial score (nSPS) is 17.9. The minimum atomic E-state index is -4.41. The lowest BCUT2D eigenvalue weighted by Gasteiger charge is -2.41. The zero-order valence-electron chi connectivity index (χ0n) is 15.2. The van der Waals surface area contributed by atoms with Crippen LogP contribution in [0.2, 0.25) is 0 Å². The molecule has 1 aliphatic heterocycles. The van der Waals surface area contributed by atoms with E-state index in [-0.39, 0.29) is 30.4 Å². The quantitative estimate of drug-likeness (QED) is 0.795. The molecule has 3 nitrogen and oxygen atoms in total. The molecule has 0 bridgehead atoms. The fourth-order valence-electron chi connectivity index (χ4n) is 3.33. The van der Waals surface area contributed by atoms with Gasteiger partial charge in [-0.05, 0) is 42.9 Å². The van der Waals surface area contributed by atoms with Crippen molar-refractivity contribution in [3.63, 3.8) is 0 Å². The van der Waals surface area contributed by atoms with Crippen molar-refractivity contribution >= 4 is 5.91 Å². The maximum absolute atomic E-state index is 13.2. The maximum Gasteiger partial charge on any atom is 0.416 e. The third-order valence-electron chi connectivity index (χ3n) is 4.98. The second-order valence-corrected chi connectivity index (χ2v) is 7.42. The summed E-state index contributed by atoms with van der Waals surface area (Å²) in [5.74, 6) is 0.195. The van der Waals surface area contributed by atoms with E-state index in [9.17, 15) is 23.1 Å². The highest BCUT2D eigenvalue weighted by Gasteiger charge is 2.39. The second kappa shape index (κ2) is 8.25. The molecule has 1 heterocycles. The molecule has 0 aliphatic carbocycles. The van der Waals surface area contributed by atoms with Crippen LogP contribution in [0.3, 0.4) is 0 Å². The number of amides is 1. The van der Waals surface area contributed by atoms with E-state index in [0.717, 1.165) is 6.07 Å². The Morgan fingerprint density at radius 2 is 1.88 bits per heavy atom. The predicted molar refractivity (Wildman–Crippen MR) is 94.5 cm³/mol. The fraction of sp³-hybridized carbons (Fsp3) is 0.550. The van der Waals surface area contributed by atoms with Gasteiger partial charge in [0.1, 0.15) is 0 Å². The molecule has 0 aromatic heterocycles. The summed E-state index contributed by atoms with van der Waals surface area (Å²) in [4.78, 5) is 13.9. The van der Waals surface area contributed by atoms with Crippen LogP contribution in [0, 0.1) is 11.3 Å². The van der Waals surface area contributed by atoms with Crippen molar-refractivity contribution in [3.05, 3.63) is 47.5 Å². The van der Waals surface area contributed by atoms with Crippen LogP contribution in [-0.4, -0.2) is 35.6 Å². The molecule has 0 atom stereocenters. The molecule has 0 spiro atoms. The molecule has 6 heteroatoms. The topological polar surface area (TPSA) is 40.5 Å². The lowest BCUT2D eigenvalue weighted by Crippen LogP contribution is -2.45. The Morgan fingerprint density at radius 1 is 1.27 bits per heavy atom. The molecule has 1 aliphatic rings. The average Bonchev–Trinajstić information content (AvgIpc) is 2.59. The van der Waals surface area contributed by atoms with Gasteiger partial charge in [-0.1, -0.05) is 38.1 Å². The van der Waals surface area contributed by atoms with E-state index in [4.69, 9.17) is 0 Å². The van der Waals surface area contributed by atoms with E-state index >= 15 is 0 Å². The first-order valence-electron chi connectivity index (χ1n) is 8.90. The molecular formula is C20H26F3NO2. The molecule has 0 saturated carbocycles. The number of alkyl halides is 3. The van der Waals surface area contributed by atoms with Crippen molar-refractivity contribution in [1.29, 1.82) is 0 Å². The molecule has 2 rings (SSSR count). The van der Waals surface area contributed by atoms with E-state index < -0.39 is 17.2 Å². The Balaban J connectivity index is 2.10. The van der Waals surface area contributed by atoms with Crippen LogP contribution < -0.4 is 0 Å². The molecule has 1 aromatic carbocycles. The first kappa shape index (κ1) is 20.5. The van der Waals surface area contributed by atoms with Gasteiger partial charge in [0.2, 0.25) is 5.91 Å². The number of rotatable bonds is 5. The Hall–Kier alpha value is -1.82. The van der Waals surface area contributed by atoms with Gasteiger partial charge in [0, 0.05) is 25.1 Å². The summed E-state index contributed by atoms with van der Waals surface area (Å²) in [5, 5.41) is 9.90. The highest BCUT2D eigenvalue weighted by atomic mass is 19.4. The van der Waals surface area contributed by atoms with Crippen molar-refractivity contribution < 1.29 is 23.1 Å². The molecule has 26 heavy (non-hydrogen) atoms. The highest BCUT2D eigenvalue weighted by Crippen LogP contribution is 2.39. The van der Waals surface area contributed by atoms with Crippen LogP contribution in [0.1, 0.15) is 37.8 Å². The summed E-state index contributed by atoms with van der Waals surface area (Å²) in [7, 11) is 0. The number of nitrogens with zero attached hydrogens (tertiary/aromatic N) is 1. The number of likely N-dealkylation sites (tertiary alicyclic amines) is 1. The smallest absolute Gasteiger partial charge is 0.396 e. The Kier molecular flexibility index (Phi) is 6.50. The lowest BCUT2D eigenvalue weighted by atomic mass is 9.73. The van der Waals surface area contributed by atoms with Crippen LogP contribution in [0.4, 0.5) is 13.2 Å². The minimum Gasteiger partial charge on any atom is -0.396 e. The van der Waals surface area contributed by atoms with Gasteiger partial charge in [-0.25, -0.2) is 0 Å². The van der Waals surface area contributed by atoms with Crippen LogP contribution >= 0.6 is 0 Å². The summed E-state index contributed by atoms with van der Waals surface area (Å²) in [6.45, 7) is 4.65. The number of aliphatic hydroxyl groups excluding tert-OH is 1. The highest BCUT2D eigenvalue weighted by molar-refractivity contribution is 5.87. The van der Waals surface area contributed by atoms with Crippen LogP contribution in [-0.2, 0) is 17.4 Å². The monoisotopic (exact) mass is 369 g/mol. The number of carbonyl (C=O) groups excluding carboxylic acids is 1. The number of aliphatic hydroxyl groups is 1. The zero-order valence-corrected chi connectivity index (χ0v) is 15.2. The third kappa shape index (κ3) is 5.10. The summed E-state index contributed by atoms with van der Waals surface area (Å²) >= 11 is 0. The second-order valence-electron chi connectivity index (χ2n) is 7.42. The first-order chi connectivity index (χ1) is 12.2. The number of hydrogen-bond donors (Lipinski definition) is 1. The molecule has 1 saturated heterocycles. The summed E-state index contributed by atoms with van der Waals surface area (Å²) in [5.41, 5.74) is -1.07. The van der Waals surface area contributed by atoms with Crippen molar-refractivity contribution in [1.82, 2.24) is 4.90 Å². The Labute approximate surface area is 152 Å². The number of carbonyl (C=O) groups is 1. The van der Waals surface area contributed by atoms with Crippen molar-refractivity contribution in [2.45, 2.75) is 39.3 Å². The summed E-state index contributed by atoms with van der Waals surface area (Å²) in [6.07, 6.45) is 0.0911. The van der Waals surface area contributed by atoms with Gasteiger partial charge >= 0.3 is 6.18 Å². The van der Waals surface area contributed by atoms with Gasteiger partial charge in [-0.3, -0.25) is 4.79 Å². The number of hydrogen-bond acceptors (Lipinski definition) is 2. The Morgan fingerprint density at radius 3 is 2.42 bits per heavy atom. The minimum absolute atomic E-state index is 0.0825. The molecule has 144 valence electrons. The molecule has 1 fully saturated rings.